The third-order valence-electron chi connectivity index (χ3n) is 3.40. The highest BCUT2D eigenvalue weighted by Gasteiger charge is 2.10. The van der Waals surface area contributed by atoms with Crippen molar-refractivity contribution in [1.82, 2.24) is 0 Å². The van der Waals surface area contributed by atoms with Gasteiger partial charge in [-0.25, -0.2) is 4.79 Å². The number of unbranched alkanes of at least 4 members (excludes halogenated alkanes) is 1. The molecular formula is C19H28O3. The monoisotopic (exact) mass is 304 g/mol. The molecule has 0 heterocycles. The van der Waals surface area contributed by atoms with Crippen LogP contribution in [0.4, 0.5) is 0 Å². The van der Waals surface area contributed by atoms with Crippen LogP contribution in [0, 0.1) is 5.92 Å². The minimum Gasteiger partial charge on any atom is -0.463 e. The molecule has 1 unspecified atom stereocenters. The number of ether oxygens (including phenoxy) is 1. The van der Waals surface area contributed by atoms with Crippen molar-refractivity contribution in [2.45, 2.75) is 52.6 Å². The van der Waals surface area contributed by atoms with E-state index in [1.807, 2.05) is 24.3 Å². The fraction of sp³-hybridized carbons (Fsp3) is 0.526. The van der Waals surface area contributed by atoms with Crippen LogP contribution in [0.1, 0.15) is 51.2 Å². The Morgan fingerprint density at radius 3 is 2.73 bits per heavy atom. The maximum Gasteiger partial charge on any atom is 0.330 e. The van der Waals surface area contributed by atoms with Crippen molar-refractivity contribution < 1.29 is 14.6 Å². The highest BCUT2D eigenvalue weighted by atomic mass is 16.5. The summed E-state index contributed by atoms with van der Waals surface area (Å²) in [4.78, 5) is 11.6. The first-order valence-electron chi connectivity index (χ1n) is 8.13. The molecule has 22 heavy (non-hydrogen) atoms. The Morgan fingerprint density at radius 1 is 1.32 bits per heavy atom. The lowest BCUT2D eigenvalue weighted by molar-refractivity contribution is -0.137. The average molecular weight is 304 g/mol. The van der Waals surface area contributed by atoms with Crippen molar-refractivity contribution >= 4 is 12.0 Å². The Bertz CT molecular complexity index is 477. The van der Waals surface area contributed by atoms with Crippen LogP contribution in [0.15, 0.2) is 30.3 Å². The van der Waals surface area contributed by atoms with Crippen molar-refractivity contribution in [3.05, 3.63) is 41.5 Å². The molecule has 1 N–H and O–H groups in total. The fourth-order valence-corrected chi connectivity index (χ4v) is 2.29. The smallest absolute Gasteiger partial charge is 0.330 e. The van der Waals surface area contributed by atoms with Gasteiger partial charge in [0.25, 0.3) is 0 Å². The number of esters is 1. The SMILES string of the molecule is CCCCOC(=O)/C=C/c1ccccc1CC(O)CC(C)C. The predicted octanol–water partition coefficient (Wildman–Crippen LogP) is 3.99. The van der Waals surface area contributed by atoms with Crippen LogP contribution in [0.25, 0.3) is 6.08 Å². The summed E-state index contributed by atoms with van der Waals surface area (Å²) in [6.45, 7) is 6.72. The molecule has 3 heteroatoms. The van der Waals surface area contributed by atoms with E-state index in [2.05, 4.69) is 20.8 Å². The number of hydrogen-bond acceptors (Lipinski definition) is 3. The van der Waals surface area contributed by atoms with Crippen molar-refractivity contribution in [2.24, 2.45) is 5.92 Å². The van der Waals surface area contributed by atoms with Gasteiger partial charge in [0.2, 0.25) is 0 Å². The van der Waals surface area contributed by atoms with Crippen LogP contribution in [0.2, 0.25) is 0 Å². The highest BCUT2D eigenvalue weighted by Crippen LogP contribution is 2.16. The van der Waals surface area contributed by atoms with Gasteiger partial charge in [-0.3, -0.25) is 0 Å². The summed E-state index contributed by atoms with van der Waals surface area (Å²) in [5, 5.41) is 10.1. The second kappa shape index (κ2) is 10.2. The minimum absolute atomic E-state index is 0.314. The lowest BCUT2D eigenvalue weighted by Crippen LogP contribution is -2.14. The van der Waals surface area contributed by atoms with Crippen LogP contribution < -0.4 is 0 Å². The van der Waals surface area contributed by atoms with Gasteiger partial charge in [-0.2, -0.15) is 0 Å². The second-order valence-electron chi connectivity index (χ2n) is 6.04. The predicted molar refractivity (Wildman–Crippen MR) is 90.5 cm³/mol. The van der Waals surface area contributed by atoms with Gasteiger partial charge in [-0.15, -0.1) is 0 Å². The van der Waals surface area contributed by atoms with E-state index in [-0.39, 0.29) is 12.1 Å². The number of carbonyl (C=O) groups excluding carboxylic acids is 1. The third kappa shape index (κ3) is 7.41. The number of benzene rings is 1. The standard InChI is InChI=1S/C19H28O3/c1-4-5-12-22-19(21)11-10-16-8-6-7-9-17(16)14-18(20)13-15(2)3/h6-11,15,18,20H,4-5,12-14H2,1-3H3/b11-10+. The molecular weight excluding hydrogens is 276 g/mol. The van der Waals surface area contributed by atoms with E-state index in [9.17, 15) is 9.90 Å². The molecule has 0 aliphatic heterocycles. The van der Waals surface area contributed by atoms with Gasteiger partial charge < -0.3 is 9.84 Å². The highest BCUT2D eigenvalue weighted by molar-refractivity contribution is 5.87. The van der Waals surface area contributed by atoms with E-state index in [4.69, 9.17) is 4.74 Å². The van der Waals surface area contributed by atoms with Crippen LogP contribution in [0.3, 0.4) is 0 Å². The first kappa shape index (κ1) is 18.4. The van der Waals surface area contributed by atoms with Gasteiger partial charge in [-0.1, -0.05) is 51.5 Å². The van der Waals surface area contributed by atoms with E-state index in [1.165, 1.54) is 6.08 Å². The number of rotatable bonds is 9. The number of aliphatic hydroxyl groups excluding tert-OH is 1. The van der Waals surface area contributed by atoms with Gasteiger partial charge in [0, 0.05) is 6.08 Å². The Hall–Kier alpha value is -1.61. The quantitative estimate of drug-likeness (QED) is 0.426. The topological polar surface area (TPSA) is 46.5 Å². The Balaban J connectivity index is 2.65. The Kier molecular flexibility index (Phi) is 8.53. The molecule has 0 aliphatic carbocycles. The van der Waals surface area contributed by atoms with E-state index in [0.717, 1.165) is 30.4 Å². The van der Waals surface area contributed by atoms with E-state index in [1.54, 1.807) is 6.08 Å². The molecule has 0 spiro atoms. The summed E-state index contributed by atoms with van der Waals surface area (Å²) in [7, 11) is 0. The van der Waals surface area contributed by atoms with E-state index < -0.39 is 0 Å². The lowest BCUT2D eigenvalue weighted by Gasteiger charge is -2.14. The molecule has 0 aliphatic rings. The fourth-order valence-electron chi connectivity index (χ4n) is 2.29. The summed E-state index contributed by atoms with van der Waals surface area (Å²) in [6, 6.07) is 7.83. The van der Waals surface area contributed by atoms with Crippen molar-refractivity contribution in [2.75, 3.05) is 6.61 Å². The van der Waals surface area contributed by atoms with Crippen molar-refractivity contribution in [1.29, 1.82) is 0 Å². The molecule has 0 saturated carbocycles. The van der Waals surface area contributed by atoms with Crippen LogP contribution in [0.5, 0.6) is 0 Å². The first-order valence-corrected chi connectivity index (χ1v) is 8.13. The van der Waals surface area contributed by atoms with E-state index >= 15 is 0 Å². The molecule has 1 atom stereocenters. The van der Waals surface area contributed by atoms with Crippen molar-refractivity contribution in [3.63, 3.8) is 0 Å². The normalized spacial score (nSPS) is 12.8. The maximum atomic E-state index is 11.6. The zero-order chi connectivity index (χ0) is 16.4. The molecule has 3 nitrogen and oxygen atoms in total. The molecule has 0 aromatic heterocycles. The molecule has 0 amide bonds. The summed E-state index contributed by atoms with van der Waals surface area (Å²) in [5.41, 5.74) is 2.01. The molecule has 0 saturated heterocycles. The molecule has 122 valence electrons. The summed E-state index contributed by atoms with van der Waals surface area (Å²) >= 11 is 0. The summed E-state index contributed by atoms with van der Waals surface area (Å²) in [5.74, 6) is 0.150. The van der Waals surface area contributed by atoms with Crippen LogP contribution in [-0.4, -0.2) is 23.8 Å². The number of hydrogen-bond donors (Lipinski definition) is 1. The molecule has 1 aromatic carbocycles. The average Bonchev–Trinajstić information content (AvgIpc) is 2.45. The molecule has 0 radical (unpaired) electrons. The molecule has 0 bridgehead atoms. The Labute approximate surface area is 134 Å². The first-order chi connectivity index (χ1) is 10.5. The minimum atomic E-state index is -0.356. The van der Waals surface area contributed by atoms with Crippen LogP contribution in [-0.2, 0) is 16.0 Å². The van der Waals surface area contributed by atoms with Gasteiger partial charge in [0.05, 0.1) is 12.7 Å². The van der Waals surface area contributed by atoms with Gasteiger partial charge in [0.1, 0.15) is 0 Å². The largest absolute Gasteiger partial charge is 0.463 e. The summed E-state index contributed by atoms with van der Waals surface area (Å²) in [6.07, 6.45) is 6.15. The zero-order valence-electron chi connectivity index (χ0n) is 13.9. The van der Waals surface area contributed by atoms with Gasteiger partial charge in [-0.05, 0) is 42.4 Å². The zero-order valence-corrected chi connectivity index (χ0v) is 13.9. The second-order valence-corrected chi connectivity index (χ2v) is 6.04. The summed E-state index contributed by atoms with van der Waals surface area (Å²) < 4.78 is 5.10. The molecule has 0 fully saturated rings. The molecule has 1 aromatic rings. The van der Waals surface area contributed by atoms with Gasteiger partial charge in [0.15, 0.2) is 0 Å². The third-order valence-corrected chi connectivity index (χ3v) is 3.40. The van der Waals surface area contributed by atoms with E-state index in [0.29, 0.717) is 18.9 Å². The van der Waals surface area contributed by atoms with Gasteiger partial charge >= 0.3 is 5.97 Å². The van der Waals surface area contributed by atoms with Crippen molar-refractivity contribution in [3.8, 4) is 0 Å². The van der Waals surface area contributed by atoms with Crippen LogP contribution >= 0.6 is 0 Å². The Morgan fingerprint density at radius 2 is 2.05 bits per heavy atom. The number of aliphatic hydroxyl groups is 1. The maximum absolute atomic E-state index is 11.6. The number of carbonyl (C=O) groups is 1. The lowest BCUT2D eigenvalue weighted by atomic mass is 9.96. The molecule has 1 rings (SSSR count).